The lowest BCUT2D eigenvalue weighted by Crippen LogP contribution is -1.99. The van der Waals surface area contributed by atoms with Crippen molar-refractivity contribution >= 4 is 5.57 Å². The first-order valence-electron chi connectivity index (χ1n) is 9.41. The molecule has 2 aromatic rings. The van der Waals surface area contributed by atoms with E-state index in [4.69, 9.17) is 28.4 Å². The Kier molecular flexibility index (Phi) is 6.42. The van der Waals surface area contributed by atoms with Crippen LogP contribution in [0, 0.1) is 0 Å². The Morgan fingerprint density at radius 2 is 1.07 bits per heavy atom. The van der Waals surface area contributed by atoms with Crippen LogP contribution in [0.25, 0.3) is 5.57 Å². The van der Waals surface area contributed by atoms with Gasteiger partial charge in [0.1, 0.15) is 0 Å². The van der Waals surface area contributed by atoms with Crippen molar-refractivity contribution in [2.24, 2.45) is 0 Å². The van der Waals surface area contributed by atoms with Crippen LogP contribution in [0.5, 0.6) is 34.5 Å². The standard InChI is InChI=1S/C23H28O6/c1-24-18-10-16(11-19(25-2)22(18)28-5)14-7-8-15(9-14)17-12-20(26-3)23(29-6)21(13-17)27-4/h9-14H,7-8H2,1-6H3. The van der Waals surface area contributed by atoms with Crippen molar-refractivity contribution in [2.75, 3.05) is 42.7 Å². The van der Waals surface area contributed by atoms with Crippen LogP contribution >= 0.6 is 0 Å². The molecule has 1 unspecified atom stereocenters. The number of ether oxygens (including phenoxy) is 6. The zero-order valence-electron chi connectivity index (χ0n) is 17.8. The van der Waals surface area contributed by atoms with Gasteiger partial charge in [-0.05, 0) is 53.8 Å². The van der Waals surface area contributed by atoms with Gasteiger partial charge < -0.3 is 28.4 Å². The lowest BCUT2D eigenvalue weighted by atomic mass is 9.98. The van der Waals surface area contributed by atoms with Crippen molar-refractivity contribution in [1.29, 1.82) is 0 Å². The van der Waals surface area contributed by atoms with Crippen LogP contribution in [0.2, 0.25) is 0 Å². The van der Waals surface area contributed by atoms with Crippen molar-refractivity contribution in [2.45, 2.75) is 18.8 Å². The van der Waals surface area contributed by atoms with E-state index in [1.165, 1.54) is 5.57 Å². The van der Waals surface area contributed by atoms with Crippen molar-refractivity contribution < 1.29 is 28.4 Å². The lowest BCUT2D eigenvalue weighted by Gasteiger charge is -2.16. The third-order valence-corrected chi connectivity index (χ3v) is 5.28. The molecule has 3 rings (SSSR count). The first kappa shape index (κ1) is 20.7. The largest absolute Gasteiger partial charge is 0.493 e. The Hall–Kier alpha value is -3.02. The molecular formula is C23H28O6. The van der Waals surface area contributed by atoms with Crippen molar-refractivity contribution in [3.05, 3.63) is 41.5 Å². The Labute approximate surface area is 171 Å². The predicted molar refractivity (Wildman–Crippen MR) is 112 cm³/mol. The van der Waals surface area contributed by atoms with Gasteiger partial charge in [-0.1, -0.05) is 6.08 Å². The maximum Gasteiger partial charge on any atom is 0.203 e. The van der Waals surface area contributed by atoms with Gasteiger partial charge in [0.15, 0.2) is 23.0 Å². The number of hydrogen-bond donors (Lipinski definition) is 0. The van der Waals surface area contributed by atoms with Crippen LogP contribution in [0.3, 0.4) is 0 Å². The number of hydrogen-bond acceptors (Lipinski definition) is 6. The van der Waals surface area contributed by atoms with Gasteiger partial charge in [-0.2, -0.15) is 0 Å². The third kappa shape index (κ3) is 3.92. The van der Waals surface area contributed by atoms with Gasteiger partial charge in [0.2, 0.25) is 11.5 Å². The van der Waals surface area contributed by atoms with E-state index >= 15 is 0 Å². The second-order valence-corrected chi connectivity index (χ2v) is 6.71. The van der Waals surface area contributed by atoms with E-state index < -0.39 is 0 Å². The highest BCUT2D eigenvalue weighted by molar-refractivity contribution is 5.73. The lowest BCUT2D eigenvalue weighted by molar-refractivity contribution is 0.323. The molecule has 1 aliphatic carbocycles. The molecule has 0 radical (unpaired) electrons. The van der Waals surface area contributed by atoms with Gasteiger partial charge in [0, 0.05) is 5.92 Å². The molecule has 0 aliphatic heterocycles. The fraction of sp³-hybridized carbons (Fsp3) is 0.391. The summed E-state index contributed by atoms with van der Waals surface area (Å²) in [6.45, 7) is 0. The molecule has 0 amide bonds. The molecule has 1 aliphatic rings. The molecule has 156 valence electrons. The molecule has 1 atom stereocenters. The summed E-state index contributed by atoms with van der Waals surface area (Å²) in [5.74, 6) is 4.08. The highest BCUT2D eigenvalue weighted by Crippen LogP contribution is 2.46. The zero-order valence-corrected chi connectivity index (χ0v) is 17.8. The predicted octanol–water partition coefficient (Wildman–Crippen LogP) is 4.70. The van der Waals surface area contributed by atoms with Crippen molar-refractivity contribution in [1.82, 2.24) is 0 Å². The molecular weight excluding hydrogens is 372 g/mol. The molecule has 0 fully saturated rings. The van der Waals surface area contributed by atoms with E-state index in [-0.39, 0.29) is 5.92 Å². The van der Waals surface area contributed by atoms with Crippen molar-refractivity contribution in [3.8, 4) is 34.5 Å². The molecule has 6 nitrogen and oxygen atoms in total. The van der Waals surface area contributed by atoms with E-state index in [0.717, 1.165) is 24.0 Å². The normalized spacial score (nSPS) is 15.5. The van der Waals surface area contributed by atoms with E-state index in [2.05, 4.69) is 6.08 Å². The van der Waals surface area contributed by atoms with Gasteiger partial charge in [-0.3, -0.25) is 0 Å². The molecule has 0 N–H and O–H groups in total. The Bertz CT molecular complexity index is 852. The molecule has 0 saturated heterocycles. The summed E-state index contributed by atoms with van der Waals surface area (Å²) in [7, 11) is 9.73. The summed E-state index contributed by atoms with van der Waals surface area (Å²) >= 11 is 0. The van der Waals surface area contributed by atoms with Gasteiger partial charge >= 0.3 is 0 Å². The fourth-order valence-corrected chi connectivity index (χ4v) is 3.81. The second-order valence-electron chi connectivity index (χ2n) is 6.71. The summed E-state index contributed by atoms with van der Waals surface area (Å²) in [6.07, 6.45) is 4.21. The molecule has 0 saturated carbocycles. The van der Waals surface area contributed by atoms with Crippen LogP contribution in [0.4, 0.5) is 0 Å². The van der Waals surface area contributed by atoms with E-state index in [9.17, 15) is 0 Å². The Morgan fingerprint density at radius 3 is 1.48 bits per heavy atom. The van der Waals surface area contributed by atoms with Gasteiger partial charge in [0.05, 0.1) is 42.7 Å². The van der Waals surface area contributed by atoms with Crippen LogP contribution < -0.4 is 28.4 Å². The SMILES string of the molecule is COc1cc(C2=CC(c3cc(OC)c(OC)c(OC)c3)CC2)cc(OC)c1OC. The average molecular weight is 400 g/mol. The molecule has 0 heterocycles. The number of benzene rings is 2. The summed E-state index contributed by atoms with van der Waals surface area (Å²) in [5, 5.41) is 0. The van der Waals surface area contributed by atoms with Crippen molar-refractivity contribution in [3.63, 3.8) is 0 Å². The molecule has 0 aromatic heterocycles. The Morgan fingerprint density at radius 1 is 0.621 bits per heavy atom. The summed E-state index contributed by atoms with van der Waals surface area (Å²) in [6, 6.07) is 8.01. The monoisotopic (exact) mass is 400 g/mol. The Balaban J connectivity index is 1.99. The van der Waals surface area contributed by atoms with Crippen LogP contribution in [-0.2, 0) is 0 Å². The minimum atomic E-state index is 0.248. The molecule has 29 heavy (non-hydrogen) atoms. The number of allylic oxidation sites excluding steroid dienone is 2. The van der Waals surface area contributed by atoms with E-state index in [1.54, 1.807) is 42.7 Å². The van der Waals surface area contributed by atoms with Gasteiger partial charge in [0.25, 0.3) is 0 Å². The first-order chi connectivity index (χ1) is 14.1. The van der Waals surface area contributed by atoms with Gasteiger partial charge in [-0.15, -0.1) is 0 Å². The summed E-state index contributed by atoms with van der Waals surface area (Å²) in [4.78, 5) is 0. The smallest absolute Gasteiger partial charge is 0.203 e. The minimum Gasteiger partial charge on any atom is -0.493 e. The van der Waals surface area contributed by atoms with Crippen LogP contribution in [0.15, 0.2) is 30.3 Å². The summed E-state index contributed by atoms with van der Waals surface area (Å²) < 4.78 is 32.9. The first-order valence-corrected chi connectivity index (χ1v) is 9.41. The second kappa shape index (κ2) is 8.99. The zero-order chi connectivity index (χ0) is 21.0. The maximum absolute atomic E-state index is 5.50. The molecule has 6 heteroatoms. The van der Waals surface area contributed by atoms with E-state index in [1.807, 2.05) is 24.3 Å². The minimum absolute atomic E-state index is 0.248. The fourth-order valence-electron chi connectivity index (χ4n) is 3.81. The molecule has 2 aromatic carbocycles. The van der Waals surface area contributed by atoms with Gasteiger partial charge in [-0.25, -0.2) is 0 Å². The molecule has 0 bridgehead atoms. The average Bonchev–Trinajstić information content (AvgIpc) is 3.27. The maximum atomic E-state index is 5.50. The number of methoxy groups -OCH3 is 6. The quantitative estimate of drug-likeness (QED) is 0.640. The topological polar surface area (TPSA) is 55.4 Å². The van der Waals surface area contributed by atoms with Crippen LogP contribution in [-0.4, -0.2) is 42.7 Å². The highest BCUT2D eigenvalue weighted by atomic mass is 16.5. The third-order valence-electron chi connectivity index (χ3n) is 5.28. The highest BCUT2D eigenvalue weighted by Gasteiger charge is 2.24. The van der Waals surface area contributed by atoms with E-state index in [0.29, 0.717) is 34.5 Å². The van der Waals surface area contributed by atoms with Crippen LogP contribution in [0.1, 0.15) is 29.9 Å². The molecule has 0 spiro atoms. The number of rotatable bonds is 8. The summed E-state index contributed by atoms with van der Waals surface area (Å²) in [5.41, 5.74) is 3.43.